The highest BCUT2D eigenvalue weighted by Crippen LogP contribution is 2.26. The van der Waals surface area contributed by atoms with Crippen LogP contribution in [0, 0.1) is 12.3 Å². The van der Waals surface area contributed by atoms with Gasteiger partial charge in [-0.1, -0.05) is 38.5 Å². The Hall–Kier alpha value is -1.13. The predicted molar refractivity (Wildman–Crippen MR) is 75.9 cm³/mol. The maximum atomic E-state index is 11.3. The summed E-state index contributed by atoms with van der Waals surface area (Å²) in [6, 6.07) is 5.83. The Morgan fingerprint density at radius 2 is 1.89 bits per heavy atom. The lowest BCUT2D eigenvalue weighted by atomic mass is 10.0. The van der Waals surface area contributed by atoms with Crippen LogP contribution in [0.4, 0.5) is 0 Å². The minimum atomic E-state index is -2.73. The molecule has 1 rings (SSSR count). The van der Waals surface area contributed by atoms with Crippen molar-refractivity contribution in [2.45, 2.75) is 40.3 Å². The number of carboxylic acid groups (broad SMARTS) is 1. The summed E-state index contributed by atoms with van der Waals surface area (Å²) >= 11 is 0. The van der Waals surface area contributed by atoms with Gasteiger partial charge in [-0.3, -0.25) is 0 Å². The fourth-order valence-electron chi connectivity index (χ4n) is 2.42. The molecule has 0 aliphatic carbocycles. The first kappa shape index (κ1) is 14.9. The van der Waals surface area contributed by atoms with Crippen molar-refractivity contribution < 1.29 is 14.7 Å². The first-order valence-corrected chi connectivity index (χ1v) is 8.75. The van der Waals surface area contributed by atoms with Gasteiger partial charge in [-0.15, -0.1) is 0 Å². The summed E-state index contributed by atoms with van der Waals surface area (Å²) in [5.74, 6) is -0.966. The minimum absolute atomic E-state index is 0.0186. The first-order chi connectivity index (χ1) is 8.03. The molecule has 0 heterocycles. The quantitative estimate of drug-likeness (QED) is 0.827. The average Bonchev–Trinajstić information content (AvgIpc) is 2.13. The van der Waals surface area contributed by atoms with Crippen LogP contribution in [-0.4, -0.2) is 24.2 Å². The fourth-order valence-corrected chi connectivity index (χ4v) is 5.98. The van der Waals surface area contributed by atoms with Crippen LogP contribution in [0.5, 0.6) is 0 Å². The van der Waals surface area contributed by atoms with E-state index in [9.17, 15) is 14.7 Å². The van der Waals surface area contributed by atoms with Crippen molar-refractivity contribution in [1.82, 2.24) is 0 Å². The highest BCUT2D eigenvalue weighted by atomic mass is 28.4. The molecule has 0 aliphatic rings. The van der Waals surface area contributed by atoms with Crippen LogP contribution in [-0.2, 0) is 0 Å². The van der Waals surface area contributed by atoms with Gasteiger partial charge in [0.15, 0.2) is 0 Å². The zero-order chi connectivity index (χ0) is 14.1. The van der Waals surface area contributed by atoms with Crippen molar-refractivity contribution in [2.75, 3.05) is 0 Å². The molecule has 0 amide bonds. The van der Waals surface area contributed by atoms with E-state index in [0.717, 1.165) is 5.56 Å². The second-order valence-corrected chi connectivity index (χ2v) is 9.81. The molecular formula is C14H22O3Si. The first-order valence-electron chi connectivity index (χ1n) is 6.10. The van der Waals surface area contributed by atoms with Crippen molar-refractivity contribution in [3.8, 4) is 0 Å². The fraction of sp³-hybridized carbons (Fsp3) is 0.500. The molecule has 100 valence electrons. The Bertz CT molecular complexity index is 459. The maximum Gasteiger partial charge on any atom is 0.335 e. The maximum absolute atomic E-state index is 11.3. The number of benzene rings is 1. The molecule has 4 heteroatoms. The van der Waals surface area contributed by atoms with Gasteiger partial charge in [-0.25, -0.2) is 4.79 Å². The molecule has 0 radical (unpaired) electrons. The molecule has 0 bridgehead atoms. The van der Waals surface area contributed by atoms with E-state index in [0.29, 0.717) is 11.2 Å². The standard InChI is InChI=1S/C14H22O3Si/c1-10-6-7-11(13(15)16)12(8-10)18(5,17)9-14(2,3)4/h6-8,17H,9H2,1-5H3,(H,15,16). The number of hydrogen-bond acceptors (Lipinski definition) is 2. The number of hydrogen-bond donors (Lipinski definition) is 2. The van der Waals surface area contributed by atoms with E-state index in [1.54, 1.807) is 12.1 Å². The third kappa shape index (κ3) is 3.68. The van der Waals surface area contributed by atoms with Crippen LogP contribution in [0.3, 0.4) is 0 Å². The molecule has 0 saturated carbocycles. The number of aromatic carboxylic acids is 1. The molecule has 1 unspecified atom stereocenters. The Kier molecular flexibility index (Phi) is 4.03. The lowest BCUT2D eigenvalue weighted by Crippen LogP contribution is -2.50. The molecule has 0 aromatic heterocycles. The molecule has 1 aromatic rings. The molecular weight excluding hydrogens is 244 g/mol. The summed E-state index contributed by atoms with van der Waals surface area (Å²) in [7, 11) is -2.73. The van der Waals surface area contributed by atoms with E-state index >= 15 is 0 Å². The SMILES string of the molecule is Cc1ccc(C(=O)O)c([Si](C)(O)CC(C)(C)C)c1. The molecule has 0 saturated heterocycles. The van der Waals surface area contributed by atoms with Gasteiger partial charge in [-0.05, 0) is 36.2 Å². The monoisotopic (exact) mass is 266 g/mol. The third-order valence-corrected chi connectivity index (χ3v) is 6.18. The summed E-state index contributed by atoms with van der Waals surface area (Å²) in [4.78, 5) is 22.0. The van der Waals surface area contributed by atoms with E-state index in [2.05, 4.69) is 20.8 Å². The van der Waals surface area contributed by atoms with E-state index < -0.39 is 14.3 Å². The molecule has 1 aromatic carbocycles. The van der Waals surface area contributed by atoms with Crippen molar-refractivity contribution in [2.24, 2.45) is 5.41 Å². The normalized spacial score (nSPS) is 15.2. The molecule has 3 nitrogen and oxygen atoms in total. The summed E-state index contributed by atoms with van der Waals surface area (Å²) in [6.45, 7) is 9.91. The smallest absolute Gasteiger partial charge is 0.335 e. The Morgan fingerprint density at radius 3 is 2.33 bits per heavy atom. The number of carboxylic acids is 1. The molecule has 0 spiro atoms. The van der Waals surface area contributed by atoms with Gasteiger partial charge in [0.2, 0.25) is 8.32 Å². The Balaban J connectivity index is 3.30. The summed E-state index contributed by atoms with van der Waals surface area (Å²) in [5, 5.41) is 9.86. The lowest BCUT2D eigenvalue weighted by Gasteiger charge is -2.30. The van der Waals surface area contributed by atoms with Crippen molar-refractivity contribution >= 4 is 19.5 Å². The predicted octanol–water partition coefficient (Wildman–Crippen LogP) is 2.51. The zero-order valence-corrected chi connectivity index (χ0v) is 12.7. The number of aryl methyl sites for hydroxylation is 1. The van der Waals surface area contributed by atoms with Gasteiger partial charge < -0.3 is 9.90 Å². The summed E-state index contributed by atoms with van der Waals surface area (Å²) in [6.07, 6.45) is 0. The van der Waals surface area contributed by atoms with E-state index in [1.165, 1.54) is 0 Å². The van der Waals surface area contributed by atoms with Crippen LogP contribution in [0.15, 0.2) is 18.2 Å². The number of rotatable bonds is 3. The van der Waals surface area contributed by atoms with Gasteiger partial charge in [0, 0.05) is 0 Å². The van der Waals surface area contributed by atoms with Crippen LogP contribution >= 0.6 is 0 Å². The van der Waals surface area contributed by atoms with Crippen LogP contribution in [0.25, 0.3) is 0 Å². The molecule has 0 aliphatic heterocycles. The topological polar surface area (TPSA) is 57.5 Å². The van der Waals surface area contributed by atoms with Gasteiger partial charge in [0.05, 0.1) is 5.56 Å². The van der Waals surface area contributed by atoms with E-state index in [1.807, 2.05) is 19.5 Å². The van der Waals surface area contributed by atoms with Gasteiger partial charge in [0.1, 0.15) is 0 Å². The van der Waals surface area contributed by atoms with Gasteiger partial charge >= 0.3 is 5.97 Å². The van der Waals surface area contributed by atoms with Crippen molar-refractivity contribution in [1.29, 1.82) is 0 Å². The van der Waals surface area contributed by atoms with Gasteiger partial charge in [-0.2, -0.15) is 0 Å². The van der Waals surface area contributed by atoms with E-state index in [4.69, 9.17) is 0 Å². The van der Waals surface area contributed by atoms with E-state index in [-0.39, 0.29) is 11.0 Å². The second-order valence-electron chi connectivity index (χ2n) is 6.37. The van der Waals surface area contributed by atoms with Crippen LogP contribution < -0.4 is 5.19 Å². The van der Waals surface area contributed by atoms with Crippen molar-refractivity contribution in [3.05, 3.63) is 29.3 Å². The van der Waals surface area contributed by atoms with Gasteiger partial charge in [0.25, 0.3) is 0 Å². The Morgan fingerprint density at radius 1 is 1.33 bits per heavy atom. The van der Waals surface area contributed by atoms with Crippen LogP contribution in [0.1, 0.15) is 36.7 Å². The molecule has 2 N–H and O–H groups in total. The van der Waals surface area contributed by atoms with Crippen molar-refractivity contribution in [3.63, 3.8) is 0 Å². The van der Waals surface area contributed by atoms with Crippen LogP contribution in [0.2, 0.25) is 12.6 Å². The largest absolute Gasteiger partial charge is 0.478 e. The second kappa shape index (κ2) is 4.86. The molecule has 1 atom stereocenters. The lowest BCUT2D eigenvalue weighted by molar-refractivity contribution is 0.0698. The summed E-state index contributed by atoms with van der Waals surface area (Å²) in [5.41, 5.74) is 1.20. The number of carbonyl (C=O) groups is 1. The molecule has 0 fully saturated rings. The Labute approximate surface area is 110 Å². The average molecular weight is 266 g/mol. The zero-order valence-electron chi connectivity index (χ0n) is 11.7. The summed E-state index contributed by atoms with van der Waals surface area (Å²) < 4.78 is 0. The highest BCUT2D eigenvalue weighted by molar-refractivity contribution is 6.85. The third-order valence-electron chi connectivity index (χ3n) is 2.86. The minimum Gasteiger partial charge on any atom is -0.478 e. The molecule has 18 heavy (non-hydrogen) atoms. The highest BCUT2D eigenvalue weighted by Gasteiger charge is 2.35.